The third kappa shape index (κ3) is 4.38. The van der Waals surface area contributed by atoms with Crippen LogP contribution in [0.3, 0.4) is 0 Å². The van der Waals surface area contributed by atoms with E-state index in [0.717, 1.165) is 4.90 Å². The topological polar surface area (TPSA) is 15.3 Å². The van der Waals surface area contributed by atoms with E-state index in [-0.39, 0.29) is 18.3 Å². The molecule has 1 rings (SSSR count). The summed E-state index contributed by atoms with van der Waals surface area (Å²) < 4.78 is 51.1. The van der Waals surface area contributed by atoms with Crippen molar-refractivity contribution >= 4 is 5.69 Å². The SMILES string of the molecule is CCN(CC(F)(F)F)c1ccc(C(C)NC)cc1F. The van der Waals surface area contributed by atoms with Crippen LogP contribution in [0.1, 0.15) is 25.5 Å². The van der Waals surface area contributed by atoms with E-state index in [2.05, 4.69) is 5.32 Å². The van der Waals surface area contributed by atoms with Gasteiger partial charge in [0.15, 0.2) is 0 Å². The number of alkyl halides is 3. The summed E-state index contributed by atoms with van der Waals surface area (Å²) in [5.41, 5.74) is 0.679. The van der Waals surface area contributed by atoms with Gasteiger partial charge >= 0.3 is 6.18 Å². The highest BCUT2D eigenvalue weighted by atomic mass is 19.4. The minimum atomic E-state index is -4.35. The number of hydrogen-bond donors (Lipinski definition) is 1. The first kappa shape index (κ1) is 15.8. The molecule has 0 fully saturated rings. The maximum atomic E-state index is 13.9. The summed E-state index contributed by atoms with van der Waals surface area (Å²) in [7, 11) is 1.73. The minimum Gasteiger partial charge on any atom is -0.360 e. The minimum absolute atomic E-state index is 0.0214. The van der Waals surface area contributed by atoms with Crippen molar-refractivity contribution in [1.29, 1.82) is 0 Å². The quantitative estimate of drug-likeness (QED) is 0.829. The zero-order valence-corrected chi connectivity index (χ0v) is 11.2. The summed E-state index contributed by atoms with van der Waals surface area (Å²) >= 11 is 0. The second kappa shape index (κ2) is 6.23. The van der Waals surface area contributed by atoms with E-state index in [9.17, 15) is 17.6 Å². The van der Waals surface area contributed by atoms with Crippen molar-refractivity contribution in [3.8, 4) is 0 Å². The molecule has 2 nitrogen and oxygen atoms in total. The zero-order chi connectivity index (χ0) is 14.6. The van der Waals surface area contributed by atoms with Crippen LogP contribution in [0.5, 0.6) is 0 Å². The maximum absolute atomic E-state index is 13.9. The van der Waals surface area contributed by atoms with Gasteiger partial charge in [0.2, 0.25) is 0 Å². The van der Waals surface area contributed by atoms with Gasteiger partial charge in [-0.2, -0.15) is 13.2 Å². The van der Waals surface area contributed by atoms with Crippen LogP contribution >= 0.6 is 0 Å². The van der Waals surface area contributed by atoms with Gasteiger partial charge in [0.1, 0.15) is 12.4 Å². The van der Waals surface area contributed by atoms with E-state index in [1.165, 1.54) is 12.1 Å². The van der Waals surface area contributed by atoms with Gasteiger partial charge in [0.25, 0.3) is 0 Å². The van der Waals surface area contributed by atoms with Gasteiger partial charge in [-0.1, -0.05) is 6.07 Å². The van der Waals surface area contributed by atoms with Gasteiger partial charge in [-0.05, 0) is 38.6 Å². The van der Waals surface area contributed by atoms with Crippen LogP contribution < -0.4 is 10.2 Å². The molecule has 1 aromatic carbocycles. The van der Waals surface area contributed by atoms with Crippen LogP contribution in [0.25, 0.3) is 0 Å². The Balaban J connectivity index is 3.00. The molecule has 19 heavy (non-hydrogen) atoms. The van der Waals surface area contributed by atoms with E-state index >= 15 is 0 Å². The van der Waals surface area contributed by atoms with Crippen molar-refractivity contribution in [2.24, 2.45) is 0 Å². The van der Waals surface area contributed by atoms with Crippen LogP contribution in [0.4, 0.5) is 23.2 Å². The van der Waals surface area contributed by atoms with Crippen molar-refractivity contribution in [2.75, 3.05) is 25.0 Å². The smallest absolute Gasteiger partial charge is 0.360 e. The average molecular weight is 278 g/mol. The van der Waals surface area contributed by atoms with Crippen LogP contribution in [-0.4, -0.2) is 26.3 Å². The molecule has 0 spiro atoms. The van der Waals surface area contributed by atoms with Crippen molar-refractivity contribution in [1.82, 2.24) is 5.32 Å². The molecule has 0 saturated heterocycles. The van der Waals surface area contributed by atoms with E-state index in [1.54, 1.807) is 20.0 Å². The Hall–Kier alpha value is -1.30. The van der Waals surface area contributed by atoms with Crippen molar-refractivity contribution in [3.63, 3.8) is 0 Å². The van der Waals surface area contributed by atoms with Gasteiger partial charge in [-0.25, -0.2) is 4.39 Å². The first-order valence-corrected chi connectivity index (χ1v) is 6.07. The molecular weight excluding hydrogens is 260 g/mol. The van der Waals surface area contributed by atoms with E-state index in [4.69, 9.17) is 0 Å². The molecule has 108 valence electrons. The van der Waals surface area contributed by atoms with Crippen LogP contribution in [-0.2, 0) is 0 Å². The summed E-state index contributed by atoms with van der Waals surface area (Å²) in [6, 6.07) is 4.25. The van der Waals surface area contributed by atoms with Crippen LogP contribution in [0, 0.1) is 5.82 Å². The second-order valence-electron chi connectivity index (χ2n) is 4.35. The zero-order valence-electron chi connectivity index (χ0n) is 11.2. The lowest BCUT2D eigenvalue weighted by molar-refractivity contribution is -0.119. The number of benzene rings is 1. The van der Waals surface area contributed by atoms with Crippen LogP contribution in [0.2, 0.25) is 0 Å². The van der Waals surface area contributed by atoms with Gasteiger partial charge in [0.05, 0.1) is 5.69 Å². The fourth-order valence-corrected chi connectivity index (χ4v) is 1.80. The molecule has 0 radical (unpaired) electrons. The number of nitrogens with zero attached hydrogens (tertiary/aromatic N) is 1. The van der Waals surface area contributed by atoms with Crippen LogP contribution in [0.15, 0.2) is 18.2 Å². The molecule has 0 bridgehead atoms. The third-order valence-corrected chi connectivity index (χ3v) is 3.00. The second-order valence-corrected chi connectivity index (χ2v) is 4.35. The molecule has 1 atom stereocenters. The Morgan fingerprint density at radius 1 is 1.32 bits per heavy atom. The molecule has 1 aromatic rings. The molecule has 0 aliphatic carbocycles. The summed E-state index contributed by atoms with van der Waals surface area (Å²) in [6.07, 6.45) is -4.35. The number of halogens is 4. The monoisotopic (exact) mass is 278 g/mol. The number of nitrogens with one attached hydrogen (secondary N) is 1. The number of anilines is 1. The Morgan fingerprint density at radius 3 is 2.37 bits per heavy atom. The summed E-state index contributed by atoms with van der Waals surface area (Å²) in [5, 5.41) is 2.95. The molecular formula is C13H18F4N2. The molecule has 0 saturated carbocycles. The van der Waals surface area contributed by atoms with Gasteiger partial charge in [-0.15, -0.1) is 0 Å². The Labute approximate surface area is 110 Å². The lowest BCUT2D eigenvalue weighted by Gasteiger charge is -2.25. The molecule has 0 aliphatic rings. The Kier molecular flexibility index (Phi) is 5.17. The summed E-state index contributed by atoms with van der Waals surface area (Å²) in [6.45, 7) is 2.36. The first-order chi connectivity index (χ1) is 8.78. The van der Waals surface area contributed by atoms with E-state index < -0.39 is 18.5 Å². The molecule has 1 unspecified atom stereocenters. The molecule has 0 aromatic heterocycles. The van der Waals surface area contributed by atoms with Gasteiger partial charge in [-0.3, -0.25) is 0 Å². The first-order valence-electron chi connectivity index (χ1n) is 6.07. The lowest BCUT2D eigenvalue weighted by Crippen LogP contribution is -2.34. The highest BCUT2D eigenvalue weighted by molar-refractivity contribution is 5.49. The number of hydrogen-bond acceptors (Lipinski definition) is 2. The average Bonchev–Trinajstić information content (AvgIpc) is 2.34. The summed E-state index contributed by atoms with van der Waals surface area (Å²) in [4.78, 5) is 0.975. The highest BCUT2D eigenvalue weighted by Crippen LogP contribution is 2.26. The van der Waals surface area contributed by atoms with Gasteiger partial charge in [0, 0.05) is 12.6 Å². The number of rotatable bonds is 5. The third-order valence-electron chi connectivity index (χ3n) is 3.00. The van der Waals surface area contributed by atoms with E-state index in [1.807, 2.05) is 6.92 Å². The largest absolute Gasteiger partial charge is 0.405 e. The fraction of sp³-hybridized carbons (Fsp3) is 0.538. The Morgan fingerprint density at radius 2 is 1.95 bits per heavy atom. The maximum Gasteiger partial charge on any atom is 0.405 e. The molecule has 0 amide bonds. The molecule has 0 heterocycles. The Bertz CT molecular complexity index is 418. The van der Waals surface area contributed by atoms with Crippen molar-refractivity contribution in [2.45, 2.75) is 26.1 Å². The highest BCUT2D eigenvalue weighted by Gasteiger charge is 2.31. The standard InChI is InChI=1S/C13H18F4N2/c1-4-19(8-13(15,16)17)12-6-5-10(7-11(12)14)9(2)18-3/h5-7,9,18H,4,8H2,1-3H3. The fourth-order valence-electron chi connectivity index (χ4n) is 1.80. The van der Waals surface area contributed by atoms with Crippen molar-refractivity contribution < 1.29 is 17.6 Å². The van der Waals surface area contributed by atoms with Gasteiger partial charge < -0.3 is 10.2 Å². The normalized spacial score (nSPS) is 13.4. The molecule has 1 N–H and O–H groups in total. The summed E-state index contributed by atoms with van der Waals surface area (Å²) in [5.74, 6) is -0.634. The molecule has 0 aliphatic heterocycles. The lowest BCUT2D eigenvalue weighted by atomic mass is 10.1. The predicted molar refractivity (Wildman–Crippen MR) is 67.8 cm³/mol. The molecule has 6 heteroatoms. The van der Waals surface area contributed by atoms with E-state index in [0.29, 0.717) is 5.56 Å². The van der Waals surface area contributed by atoms with Crippen molar-refractivity contribution in [3.05, 3.63) is 29.6 Å². The predicted octanol–water partition coefficient (Wildman–Crippen LogP) is 3.49.